The SMILES string of the molecule is O=c1cc(-c2ccccc2)oc2cc(O)cc(O)c12.O=c1cc(-c2ccccc2)oc2cc(O)cc(O)c12. The summed E-state index contributed by atoms with van der Waals surface area (Å²) < 4.78 is 11.1. The van der Waals surface area contributed by atoms with Crippen molar-refractivity contribution in [1.29, 1.82) is 0 Å². The molecule has 6 aromatic rings. The first-order valence-electron chi connectivity index (χ1n) is 11.4. The molecule has 0 saturated heterocycles. The van der Waals surface area contributed by atoms with Crippen LogP contribution >= 0.6 is 0 Å². The van der Waals surface area contributed by atoms with Crippen LogP contribution < -0.4 is 10.9 Å². The maximum absolute atomic E-state index is 12.0. The second-order valence-electron chi connectivity index (χ2n) is 8.36. The molecule has 0 aliphatic carbocycles. The Balaban J connectivity index is 0.000000155. The lowest BCUT2D eigenvalue weighted by Gasteiger charge is -2.04. The van der Waals surface area contributed by atoms with Crippen molar-refractivity contribution in [2.45, 2.75) is 0 Å². The van der Waals surface area contributed by atoms with Gasteiger partial charge >= 0.3 is 0 Å². The van der Waals surface area contributed by atoms with Crippen LogP contribution in [0.1, 0.15) is 0 Å². The van der Waals surface area contributed by atoms with E-state index in [-0.39, 0.29) is 55.8 Å². The molecule has 188 valence electrons. The molecule has 2 heterocycles. The third kappa shape index (κ3) is 4.78. The summed E-state index contributed by atoms with van der Waals surface area (Å²) in [6.45, 7) is 0. The second-order valence-corrected chi connectivity index (χ2v) is 8.36. The van der Waals surface area contributed by atoms with Crippen LogP contribution in [0, 0.1) is 0 Å². The van der Waals surface area contributed by atoms with Crippen molar-refractivity contribution >= 4 is 21.9 Å². The average molecular weight is 508 g/mol. The Labute approximate surface area is 214 Å². The number of phenols is 4. The lowest BCUT2D eigenvalue weighted by atomic mass is 10.1. The molecule has 0 aliphatic rings. The maximum atomic E-state index is 12.0. The van der Waals surface area contributed by atoms with Crippen LogP contribution in [0.25, 0.3) is 44.6 Å². The van der Waals surface area contributed by atoms with Crippen molar-refractivity contribution in [3.8, 4) is 45.6 Å². The molecular weight excluding hydrogens is 488 g/mol. The van der Waals surface area contributed by atoms with Gasteiger partial charge in [-0.3, -0.25) is 9.59 Å². The van der Waals surface area contributed by atoms with Crippen molar-refractivity contribution in [1.82, 2.24) is 0 Å². The lowest BCUT2D eigenvalue weighted by molar-refractivity contribution is 0.451. The molecule has 2 aromatic heterocycles. The molecule has 0 radical (unpaired) electrons. The Morgan fingerprint density at radius 1 is 0.474 bits per heavy atom. The second kappa shape index (κ2) is 9.87. The largest absolute Gasteiger partial charge is 0.508 e. The molecule has 6 rings (SSSR count). The normalized spacial score (nSPS) is 10.7. The third-order valence-corrected chi connectivity index (χ3v) is 5.71. The van der Waals surface area contributed by atoms with Gasteiger partial charge in [0.15, 0.2) is 10.9 Å². The van der Waals surface area contributed by atoms with Crippen LogP contribution in [0.15, 0.2) is 115 Å². The van der Waals surface area contributed by atoms with Crippen LogP contribution in [-0.2, 0) is 0 Å². The van der Waals surface area contributed by atoms with Crippen molar-refractivity contribution in [3.63, 3.8) is 0 Å². The first-order valence-corrected chi connectivity index (χ1v) is 11.4. The van der Waals surface area contributed by atoms with E-state index in [9.17, 15) is 30.0 Å². The van der Waals surface area contributed by atoms with E-state index in [0.29, 0.717) is 11.5 Å². The summed E-state index contributed by atoms with van der Waals surface area (Å²) in [6, 6.07) is 25.8. The van der Waals surface area contributed by atoms with Gasteiger partial charge in [0.05, 0.1) is 0 Å². The Morgan fingerprint density at radius 2 is 0.842 bits per heavy atom. The van der Waals surface area contributed by atoms with E-state index in [4.69, 9.17) is 8.83 Å². The summed E-state index contributed by atoms with van der Waals surface area (Å²) in [5.74, 6) is -0.102. The highest BCUT2D eigenvalue weighted by Gasteiger charge is 2.13. The number of aromatic hydroxyl groups is 4. The van der Waals surface area contributed by atoms with Crippen LogP contribution in [0.2, 0.25) is 0 Å². The Morgan fingerprint density at radius 3 is 1.21 bits per heavy atom. The predicted octanol–water partition coefficient (Wildman–Crippen LogP) is 5.74. The summed E-state index contributed by atoms with van der Waals surface area (Å²) in [5, 5.41) is 38.4. The summed E-state index contributed by atoms with van der Waals surface area (Å²) in [5.41, 5.74) is 1.12. The van der Waals surface area contributed by atoms with Crippen molar-refractivity contribution in [2.24, 2.45) is 0 Å². The lowest BCUT2D eigenvalue weighted by Crippen LogP contribution is -2.00. The molecule has 4 aromatic carbocycles. The van der Waals surface area contributed by atoms with Crippen molar-refractivity contribution in [2.75, 3.05) is 0 Å². The van der Waals surface area contributed by atoms with E-state index in [1.807, 2.05) is 60.7 Å². The van der Waals surface area contributed by atoms with E-state index in [1.54, 1.807) is 0 Å². The smallest absolute Gasteiger partial charge is 0.197 e. The Hall–Kier alpha value is -5.50. The highest BCUT2D eigenvalue weighted by Crippen LogP contribution is 2.31. The molecule has 0 atom stereocenters. The minimum Gasteiger partial charge on any atom is -0.508 e. The third-order valence-electron chi connectivity index (χ3n) is 5.71. The molecule has 8 nitrogen and oxygen atoms in total. The highest BCUT2D eigenvalue weighted by atomic mass is 16.3. The fourth-order valence-electron chi connectivity index (χ4n) is 4.00. The van der Waals surface area contributed by atoms with Crippen LogP contribution in [0.5, 0.6) is 23.0 Å². The monoisotopic (exact) mass is 508 g/mol. The predicted molar refractivity (Wildman–Crippen MR) is 142 cm³/mol. The summed E-state index contributed by atoms with van der Waals surface area (Å²) in [4.78, 5) is 24.0. The number of benzene rings is 4. The number of hydrogen-bond donors (Lipinski definition) is 4. The molecule has 0 saturated carbocycles. The topological polar surface area (TPSA) is 141 Å². The molecular formula is C30H20O8. The van der Waals surface area contributed by atoms with Gasteiger partial charge < -0.3 is 29.3 Å². The molecule has 0 unspecified atom stereocenters. The molecule has 0 aliphatic heterocycles. The van der Waals surface area contributed by atoms with Gasteiger partial charge in [-0.15, -0.1) is 0 Å². The number of fused-ring (bicyclic) bond motifs is 2. The van der Waals surface area contributed by atoms with E-state index in [1.165, 1.54) is 24.3 Å². The van der Waals surface area contributed by atoms with E-state index in [2.05, 4.69) is 0 Å². The average Bonchev–Trinajstić information content (AvgIpc) is 2.88. The molecule has 0 bridgehead atoms. The van der Waals surface area contributed by atoms with E-state index < -0.39 is 0 Å². The fourth-order valence-corrected chi connectivity index (χ4v) is 4.00. The molecule has 4 N–H and O–H groups in total. The van der Waals surface area contributed by atoms with Gasteiger partial charge in [0, 0.05) is 47.5 Å². The molecule has 0 fully saturated rings. The number of phenolic OH excluding ortho intramolecular Hbond substituents is 4. The minimum atomic E-state index is -0.349. The van der Waals surface area contributed by atoms with Crippen LogP contribution in [0.4, 0.5) is 0 Å². The zero-order chi connectivity index (χ0) is 26.8. The van der Waals surface area contributed by atoms with E-state index in [0.717, 1.165) is 23.3 Å². The summed E-state index contributed by atoms with van der Waals surface area (Å²) >= 11 is 0. The zero-order valence-electron chi connectivity index (χ0n) is 19.7. The first-order chi connectivity index (χ1) is 18.3. The van der Waals surface area contributed by atoms with Gasteiger partial charge in [-0.2, -0.15) is 0 Å². The Kier molecular flexibility index (Phi) is 6.28. The van der Waals surface area contributed by atoms with Gasteiger partial charge in [-0.05, 0) is 0 Å². The van der Waals surface area contributed by atoms with Gasteiger partial charge in [0.2, 0.25) is 0 Å². The summed E-state index contributed by atoms with van der Waals surface area (Å²) in [6.07, 6.45) is 0. The molecule has 0 amide bonds. The standard InChI is InChI=1S/2C15H10O4/c2*16-10-6-11(17)15-12(18)8-13(19-14(15)7-10)9-4-2-1-3-5-9/h2*1-8,16-17H. The van der Waals surface area contributed by atoms with E-state index >= 15 is 0 Å². The zero-order valence-corrected chi connectivity index (χ0v) is 19.7. The number of hydrogen-bond acceptors (Lipinski definition) is 8. The van der Waals surface area contributed by atoms with Crippen LogP contribution in [0.3, 0.4) is 0 Å². The summed E-state index contributed by atoms with van der Waals surface area (Å²) in [7, 11) is 0. The highest BCUT2D eigenvalue weighted by molar-refractivity contribution is 5.86. The molecule has 8 heteroatoms. The molecule has 0 spiro atoms. The van der Waals surface area contributed by atoms with Gasteiger partial charge in [-0.25, -0.2) is 0 Å². The van der Waals surface area contributed by atoms with Gasteiger partial charge in [0.1, 0.15) is 56.5 Å². The Bertz CT molecular complexity index is 1750. The molecule has 38 heavy (non-hydrogen) atoms. The van der Waals surface area contributed by atoms with Gasteiger partial charge in [-0.1, -0.05) is 60.7 Å². The quantitative estimate of drug-likeness (QED) is 0.232. The van der Waals surface area contributed by atoms with Crippen molar-refractivity contribution in [3.05, 3.63) is 118 Å². The maximum Gasteiger partial charge on any atom is 0.197 e. The fraction of sp³-hybridized carbons (Fsp3) is 0. The van der Waals surface area contributed by atoms with Gasteiger partial charge in [0.25, 0.3) is 0 Å². The number of rotatable bonds is 2. The first kappa shape index (κ1) is 24.2. The minimum absolute atomic E-state index is 0.0671. The van der Waals surface area contributed by atoms with Crippen LogP contribution in [-0.4, -0.2) is 20.4 Å². The van der Waals surface area contributed by atoms with Crippen molar-refractivity contribution < 1.29 is 29.3 Å².